The summed E-state index contributed by atoms with van der Waals surface area (Å²) in [4.78, 5) is 48.0. The molecule has 0 atom stereocenters. The van der Waals surface area contributed by atoms with Gasteiger partial charge in [0.25, 0.3) is 5.69 Å². The number of nitrogens with one attached hydrogen (secondary N) is 1. The summed E-state index contributed by atoms with van der Waals surface area (Å²) < 4.78 is 19.4. The minimum atomic E-state index is -0.892. The SMILES string of the molecule is CCOC(=O)Nc1ccc(N2COCC(C(=O)OC)=C2C(=O)OC)c([N+](=O)[O-])c1. The summed E-state index contributed by atoms with van der Waals surface area (Å²) in [5.41, 5.74) is -0.775. The van der Waals surface area contributed by atoms with Gasteiger partial charge in [-0.25, -0.2) is 14.4 Å². The predicted octanol–water partition coefficient (Wildman–Crippen LogP) is 1.56. The number of esters is 2. The van der Waals surface area contributed by atoms with E-state index in [2.05, 4.69) is 10.1 Å². The van der Waals surface area contributed by atoms with E-state index >= 15 is 0 Å². The monoisotopic (exact) mass is 409 g/mol. The zero-order valence-electron chi connectivity index (χ0n) is 15.9. The Morgan fingerprint density at radius 3 is 2.52 bits per heavy atom. The highest BCUT2D eigenvalue weighted by Gasteiger charge is 2.35. The molecule has 1 aromatic carbocycles. The highest BCUT2D eigenvalue weighted by Crippen LogP contribution is 2.35. The summed E-state index contributed by atoms with van der Waals surface area (Å²) >= 11 is 0. The number of amides is 1. The Morgan fingerprint density at radius 1 is 1.24 bits per heavy atom. The molecule has 1 amide bonds. The van der Waals surface area contributed by atoms with E-state index in [-0.39, 0.29) is 42.6 Å². The molecule has 29 heavy (non-hydrogen) atoms. The second-order valence-electron chi connectivity index (χ2n) is 5.52. The van der Waals surface area contributed by atoms with Gasteiger partial charge in [-0.1, -0.05) is 0 Å². The molecule has 1 heterocycles. The van der Waals surface area contributed by atoms with Crippen LogP contribution in [0.25, 0.3) is 0 Å². The normalized spacial score (nSPS) is 13.6. The topological polar surface area (TPSA) is 147 Å². The highest BCUT2D eigenvalue weighted by molar-refractivity contribution is 6.04. The van der Waals surface area contributed by atoms with Gasteiger partial charge in [0.2, 0.25) is 0 Å². The second-order valence-corrected chi connectivity index (χ2v) is 5.52. The minimum Gasteiger partial charge on any atom is -0.466 e. The molecular formula is C17H19N3O9. The number of hydrogen-bond acceptors (Lipinski definition) is 10. The van der Waals surface area contributed by atoms with Crippen LogP contribution in [-0.4, -0.2) is 57.1 Å². The van der Waals surface area contributed by atoms with E-state index in [1.165, 1.54) is 12.1 Å². The van der Waals surface area contributed by atoms with E-state index in [1.807, 2.05) is 0 Å². The Morgan fingerprint density at radius 2 is 1.93 bits per heavy atom. The maximum atomic E-state index is 12.3. The molecule has 0 aromatic heterocycles. The number of hydrogen-bond donors (Lipinski definition) is 1. The third-order valence-corrected chi connectivity index (χ3v) is 3.82. The number of ether oxygens (including phenoxy) is 4. The lowest BCUT2D eigenvalue weighted by Crippen LogP contribution is -2.39. The molecule has 1 aromatic rings. The van der Waals surface area contributed by atoms with Crippen LogP contribution in [-0.2, 0) is 28.5 Å². The molecule has 0 aliphatic carbocycles. The average molecular weight is 409 g/mol. The Kier molecular flexibility index (Phi) is 7.09. The number of rotatable bonds is 6. The Hall–Kier alpha value is -3.67. The maximum Gasteiger partial charge on any atom is 0.411 e. The Labute approximate surface area is 165 Å². The molecule has 0 bridgehead atoms. The molecule has 12 nitrogen and oxygen atoms in total. The van der Waals surface area contributed by atoms with E-state index in [0.29, 0.717) is 0 Å². The molecule has 0 saturated heterocycles. The van der Waals surface area contributed by atoms with Crippen LogP contribution in [0.5, 0.6) is 0 Å². The fourth-order valence-electron chi connectivity index (χ4n) is 2.59. The van der Waals surface area contributed by atoms with Crippen LogP contribution in [0.4, 0.5) is 21.9 Å². The Balaban J connectivity index is 2.55. The standard InChI is InChI=1S/C17H19N3O9/c1-4-29-17(23)18-10-5-6-12(13(7-10)20(24)25)19-9-28-8-11(15(21)26-2)14(19)16(22)27-3/h5-7H,4,8-9H2,1-3H3,(H,18,23). The zero-order chi connectivity index (χ0) is 21.6. The van der Waals surface area contributed by atoms with Crippen molar-refractivity contribution in [3.05, 3.63) is 39.6 Å². The van der Waals surface area contributed by atoms with Crippen molar-refractivity contribution >= 4 is 35.1 Å². The van der Waals surface area contributed by atoms with Crippen LogP contribution in [0, 0.1) is 10.1 Å². The number of nitrogens with zero attached hydrogens (tertiary/aromatic N) is 2. The third-order valence-electron chi connectivity index (χ3n) is 3.82. The molecular weight excluding hydrogens is 390 g/mol. The molecule has 0 saturated carbocycles. The molecule has 1 N–H and O–H groups in total. The van der Waals surface area contributed by atoms with Crippen LogP contribution in [0.15, 0.2) is 29.5 Å². The van der Waals surface area contributed by atoms with Crippen LogP contribution < -0.4 is 10.2 Å². The molecule has 0 radical (unpaired) electrons. The first-order chi connectivity index (χ1) is 13.8. The number of carbonyl (C=O) groups is 3. The van der Waals surface area contributed by atoms with Gasteiger partial charge < -0.3 is 23.8 Å². The molecule has 12 heteroatoms. The van der Waals surface area contributed by atoms with Gasteiger partial charge >= 0.3 is 18.0 Å². The summed E-state index contributed by atoms with van der Waals surface area (Å²) in [7, 11) is 2.24. The fourth-order valence-corrected chi connectivity index (χ4v) is 2.59. The van der Waals surface area contributed by atoms with Gasteiger partial charge in [0.15, 0.2) is 0 Å². The molecule has 1 aliphatic rings. The number of benzene rings is 1. The molecule has 2 rings (SSSR count). The first-order valence-electron chi connectivity index (χ1n) is 8.31. The summed E-state index contributed by atoms with van der Waals surface area (Å²) in [6, 6.07) is 3.76. The smallest absolute Gasteiger partial charge is 0.411 e. The second kappa shape index (κ2) is 9.50. The van der Waals surface area contributed by atoms with Crippen LogP contribution >= 0.6 is 0 Å². The van der Waals surface area contributed by atoms with Gasteiger partial charge in [-0.05, 0) is 19.1 Å². The third kappa shape index (κ3) is 4.79. The quantitative estimate of drug-likeness (QED) is 0.318. The lowest BCUT2D eigenvalue weighted by Gasteiger charge is -2.31. The number of nitro benzene ring substituents is 1. The van der Waals surface area contributed by atoms with Crippen LogP contribution in [0.2, 0.25) is 0 Å². The fraction of sp³-hybridized carbons (Fsp3) is 0.353. The van der Waals surface area contributed by atoms with Gasteiger partial charge in [-0.3, -0.25) is 15.4 Å². The zero-order valence-corrected chi connectivity index (χ0v) is 15.9. The minimum absolute atomic E-state index is 0.0501. The van der Waals surface area contributed by atoms with Gasteiger partial charge in [0.1, 0.15) is 18.1 Å². The van der Waals surface area contributed by atoms with Crippen molar-refractivity contribution in [2.75, 3.05) is 44.4 Å². The van der Waals surface area contributed by atoms with Gasteiger partial charge in [-0.2, -0.15) is 0 Å². The van der Waals surface area contributed by atoms with E-state index in [4.69, 9.17) is 14.2 Å². The summed E-state index contributed by atoms with van der Waals surface area (Å²) in [6.07, 6.45) is -0.779. The summed E-state index contributed by atoms with van der Waals surface area (Å²) in [6.45, 7) is 1.25. The Bertz CT molecular complexity index is 866. The van der Waals surface area contributed by atoms with Gasteiger partial charge in [-0.15, -0.1) is 0 Å². The number of nitro groups is 1. The van der Waals surface area contributed by atoms with E-state index in [9.17, 15) is 24.5 Å². The van der Waals surface area contributed by atoms with Gasteiger partial charge in [0, 0.05) is 6.07 Å². The lowest BCUT2D eigenvalue weighted by molar-refractivity contribution is -0.384. The highest BCUT2D eigenvalue weighted by atomic mass is 16.6. The largest absolute Gasteiger partial charge is 0.466 e. The molecule has 156 valence electrons. The number of methoxy groups -OCH3 is 2. The van der Waals surface area contributed by atoms with Crippen molar-refractivity contribution < 1.29 is 38.3 Å². The predicted molar refractivity (Wildman–Crippen MR) is 98.1 cm³/mol. The van der Waals surface area contributed by atoms with Crippen LogP contribution in [0.1, 0.15) is 6.92 Å². The van der Waals surface area contributed by atoms with E-state index in [1.54, 1.807) is 6.92 Å². The van der Waals surface area contributed by atoms with Crippen molar-refractivity contribution in [2.24, 2.45) is 0 Å². The van der Waals surface area contributed by atoms with Crippen molar-refractivity contribution in [3.8, 4) is 0 Å². The average Bonchev–Trinajstić information content (AvgIpc) is 2.72. The first-order valence-corrected chi connectivity index (χ1v) is 8.31. The number of carbonyl (C=O) groups excluding carboxylic acids is 3. The van der Waals surface area contributed by atoms with E-state index in [0.717, 1.165) is 25.2 Å². The molecule has 0 unspecified atom stereocenters. The van der Waals surface area contributed by atoms with Crippen molar-refractivity contribution in [3.63, 3.8) is 0 Å². The summed E-state index contributed by atoms with van der Waals surface area (Å²) in [5.74, 6) is -1.73. The van der Waals surface area contributed by atoms with Crippen molar-refractivity contribution in [1.82, 2.24) is 0 Å². The first kappa shape index (κ1) is 21.6. The molecule has 1 aliphatic heterocycles. The van der Waals surface area contributed by atoms with Crippen molar-refractivity contribution in [2.45, 2.75) is 6.92 Å². The number of anilines is 2. The molecule has 0 fully saturated rings. The van der Waals surface area contributed by atoms with Gasteiger partial charge in [0.05, 0.1) is 43.6 Å². The van der Waals surface area contributed by atoms with E-state index < -0.39 is 28.6 Å². The molecule has 0 spiro atoms. The maximum absolute atomic E-state index is 12.3. The lowest BCUT2D eigenvalue weighted by atomic mass is 10.1. The van der Waals surface area contributed by atoms with Crippen molar-refractivity contribution in [1.29, 1.82) is 0 Å². The van der Waals surface area contributed by atoms with Crippen LogP contribution in [0.3, 0.4) is 0 Å². The summed E-state index contributed by atoms with van der Waals surface area (Å²) in [5, 5.41) is 14.0.